The first-order valence-corrected chi connectivity index (χ1v) is 10.7. The molecule has 0 bridgehead atoms. The van der Waals surface area contributed by atoms with E-state index in [2.05, 4.69) is 25.8 Å². The van der Waals surface area contributed by atoms with Crippen molar-refractivity contribution < 1.29 is 9.48 Å². The number of amides is 1. The Morgan fingerprint density at radius 3 is 2.89 bits per heavy atom. The number of carbonyl (C=O) groups is 1. The summed E-state index contributed by atoms with van der Waals surface area (Å²) in [7, 11) is 0. The van der Waals surface area contributed by atoms with Crippen LogP contribution in [0, 0.1) is 12.8 Å². The molecule has 1 fully saturated rings. The lowest BCUT2D eigenvalue weighted by Gasteiger charge is -2.20. The van der Waals surface area contributed by atoms with Gasteiger partial charge in [-0.15, -0.1) is 16.0 Å². The lowest BCUT2D eigenvalue weighted by Crippen LogP contribution is -2.36. The molecule has 1 amide bonds. The molecule has 2 N–H and O–H groups in total. The third-order valence-electron chi connectivity index (χ3n) is 5.30. The first-order chi connectivity index (χ1) is 13.6. The molecule has 0 spiro atoms. The van der Waals surface area contributed by atoms with Crippen molar-refractivity contribution in [2.45, 2.75) is 44.9 Å². The number of aromatic nitrogens is 5. The number of thiazole rings is 1. The summed E-state index contributed by atoms with van der Waals surface area (Å²) in [6.07, 6.45) is 7.37. The van der Waals surface area contributed by atoms with E-state index in [1.54, 1.807) is 10.9 Å². The third kappa shape index (κ3) is 4.07. The maximum atomic E-state index is 13.1. The molecule has 146 valence electrons. The van der Waals surface area contributed by atoms with E-state index < -0.39 is 0 Å². The van der Waals surface area contributed by atoms with Crippen LogP contribution in [-0.4, -0.2) is 26.4 Å². The Labute approximate surface area is 172 Å². The lowest BCUT2D eigenvalue weighted by molar-refractivity contribution is -0.666. The molecule has 3 aromatic rings. The van der Waals surface area contributed by atoms with Crippen LogP contribution in [0.2, 0.25) is 5.02 Å². The Bertz CT molecular complexity index is 951. The van der Waals surface area contributed by atoms with Gasteiger partial charge < -0.3 is 5.32 Å². The third-order valence-corrected chi connectivity index (χ3v) is 6.29. The van der Waals surface area contributed by atoms with E-state index in [0.717, 1.165) is 17.7 Å². The summed E-state index contributed by atoms with van der Waals surface area (Å²) in [4.78, 5) is 17.2. The second-order valence-electron chi connectivity index (χ2n) is 7.16. The Balaban J connectivity index is 1.62. The van der Waals surface area contributed by atoms with Gasteiger partial charge >= 0.3 is 5.82 Å². The Morgan fingerprint density at radius 2 is 2.25 bits per heavy atom. The Kier molecular flexibility index (Phi) is 5.68. The molecule has 4 rings (SSSR count). The number of nitrogens with zero attached hydrogens (tertiary/aromatic N) is 4. The average molecular weight is 418 g/mol. The minimum absolute atomic E-state index is 0.0299. The molecule has 28 heavy (non-hydrogen) atoms. The summed E-state index contributed by atoms with van der Waals surface area (Å²) < 4.78 is 1.72. The first-order valence-electron chi connectivity index (χ1n) is 9.41. The summed E-state index contributed by atoms with van der Waals surface area (Å²) in [5.41, 5.74) is 1.67. The largest absolute Gasteiger partial charge is 0.302 e. The van der Waals surface area contributed by atoms with Gasteiger partial charge in [-0.05, 0) is 30.0 Å². The number of aryl methyl sites for hydroxylation is 1. The molecule has 1 aliphatic rings. The van der Waals surface area contributed by atoms with E-state index in [1.807, 2.05) is 30.5 Å². The summed E-state index contributed by atoms with van der Waals surface area (Å²) in [6.45, 7) is 1.85. The highest BCUT2D eigenvalue weighted by Crippen LogP contribution is 2.36. The smallest absolute Gasteiger partial charge is 0.301 e. The van der Waals surface area contributed by atoms with Gasteiger partial charge in [-0.25, -0.2) is 4.98 Å². The molecule has 0 aliphatic heterocycles. The molecule has 0 saturated heterocycles. The number of tetrazole rings is 1. The molecule has 9 heteroatoms. The van der Waals surface area contributed by atoms with Gasteiger partial charge in [-0.2, -0.15) is 0 Å². The average Bonchev–Trinajstić information content (AvgIpc) is 3.43. The highest BCUT2D eigenvalue weighted by Gasteiger charge is 2.28. The fourth-order valence-electron chi connectivity index (χ4n) is 3.86. The number of hydrogen-bond donors (Lipinski definition) is 2. The predicted octanol–water partition coefficient (Wildman–Crippen LogP) is 3.80. The van der Waals surface area contributed by atoms with Crippen LogP contribution in [0.5, 0.6) is 0 Å². The van der Waals surface area contributed by atoms with Gasteiger partial charge in [0.1, 0.15) is 10.8 Å². The number of carbonyl (C=O) groups excluding carboxylic acids is 1. The van der Waals surface area contributed by atoms with Crippen LogP contribution in [0.3, 0.4) is 0 Å². The number of aromatic amines is 1. The molecule has 1 atom stereocenters. The lowest BCUT2D eigenvalue weighted by atomic mass is 9.87. The van der Waals surface area contributed by atoms with Crippen molar-refractivity contribution in [2.75, 3.05) is 5.32 Å². The van der Waals surface area contributed by atoms with E-state index in [4.69, 9.17) is 11.6 Å². The molecular weight excluding hydrogens is 396 g/mol. The summed E-state index contributed by atoms with van der Waals surface area (Å²) in [5, 5.41) is 16.5. The second-order valence-corrected chi connectivity index (χ2v) is 8.46. The minimum atomic E-state index is -0.260. The van der Waals surface area contributed by atoms with E-state index in [1.165, 1.54) is 37.0 Å². The zero-order valence-corrected chi connectivity index (χ0v) is 17.1. The van der Waals surface area contributed by atoms with E-state index >= 15 is 0 Å². The maximum Gasteiger partial charge on any atom is 0.302 e. The van der Waals surface area contributed by atoms with Crippen molar-refractivity contribution in [3.05, 3.63) is 46.2 Å². The zero-order valence-electron chi connectivity index (χ0n) is 15.6. The van der Waals surface area contributed by atoms with Gasteiger partial charge in [0.25, 0.3) is 0 Å². The number of H-pyrrole nitrogens is 1. The Morgan fingerprint density at radius 1 is 1.43 bits per heavy atom. The normalized spacial score (nSPS) is 15.6. The van der Waals surface area contributed by atoms with Crippen LogP contribution < -0.4 is 10.00 Å². The molecule has 1 saturated carbocycles. The number of anilines is 1. The van der Waals surface area contributed by atoms with Crippen LogP contribution >= 0.6 is 22.9 Å². The summed E-state index contributed by atoms with van der Waals surface area (Å²) >= 11 is 7.98. The zero-order chi connectivity index (χ0) is 19.5. The standard InChI is InChI=1S/C19H21ClN6OS/c1-12-23-24-25-26(12)17-7-6-14(11-16(17)20)15(10-13-4-2-3-5-13)18(27)22-19-21-8-9-28-19/h6-9,11,13,15H,2-5,10H2,1H3,(H,21,22,27)/p+1. The number of hydrogen-bond acceptors (Lipinski definition) is 5. The van der Waals surface area contributed by atoms with Crippen LogP contribution in [0.15, 0.2) is 29.8 Å². The summed E-state index contributed by atoms with van der Waals surface area (Å²) in [6, 6.07) is 5.75. The second kappa shape index (κ2) is 8.36. The number of halogens is 1. The van der Waals surface area contributed by atoms with Crippen molar-refractivity contribution >= 4 is 34.0 Å². The van der Waals surface area contributed by atoms with E-state index in [9.17, 15) is 4.79 Å². The maximum absolute atomic E-state index is 13.1. The number of nitrogens with one attached hydrogen (secondary N) is 2. The predicted molar refractivity (Wildman–Crippen MR) is 108 cm³/mol. The van der Waals surface area contributed by atoms with E-state index in [-0.39, 0.29) is 11.8 Å². The van der Waals surface area contributed by atoms with Crippen molar-refractivity contribution in [2.24, 2.45) is 5.92 Å². The molecule has 2 heterocycles. The first kappa shape index (κ1) is 19.0. The van der Waals surface area contributed by atoms with Crippen molar-refractivity contribution in [3.63, 3.8) is 0 Å². The molecule has 2 aromatic heterocycles. The summed E-state index contributed by atoms with van der Waals surface area (Å²) in [5.74, 6) is 0.986. The molecule has 1 aliphatic carbocycles. The van der Waals surface area contributed by atoms with Crippen molar-refractivity contribution in [3.8, 4) is 5.69 Å². The molecular formula is C19H22ClN6OS+. The van der Waals surface area contributed by atoms with Gasteiger partial charge in [0.15, 0.2) is 10.3 Å². The van der Waals surface area contributed by atoms with Crippen molar-refractivity contribution in [1.29, 1.82) is 0 Å². The van der Waals surface area contributed by atoms with E-state index in [0.29, 0.717) is 21.9 Å². The van der Waals surface area contributed by atoms with Crippen molar-refractivity contribution in [1.82, 2.24) is 20.5 Å². The van der Waals surface area contributed by atoms with Crippen LogP contribution in [0.1, 0.15) is 49.4 Å². The topological polar surface area (TPSA) is 87.4 Å². The fraction of sp³-hybridized carbons (Fsp3) is 0.421. The molecule has 0 radical (unpaired) electrons. The monoisotopic (exact) mass is 417 g/mol. The van der Waals surface area contributed by atoms with Gasteiger partial charge in [0.2, 0.25) is 5.91 Å². The van der Waals surface area contributed by atoms with Crippen LogP contribution in [-0.2, 0) is 4.79 Å². The van der Waals surface area contributed by atoms with Gasteiger partial charge in [0.05, 0.1) is 10.9 Å². The van der Waals surface area contributed by atoms with Crippen LogP contribution in [0.25, 0.3) is 5.69 Å². The minimum Gasteiger partial charge on any atom is -0.301 e. The Hall–Kier alpha value is -2.32. The van der Waals surface area contributed by atoms with Gasteiger partial charge in [0, 0.05) is 18.5 Å². The number of benzene rings is 1. The molecule has 7 nitrogen and oxygen atoms in total. The van der Waals surface area contributed by atoms with Gasteiger partial charge in [-0.1, -0.05) is 48.6 Å². The van der Waals surface area contributed by atoms with Crippen LogP contribution in [0.4, 0.5) is 5.13 Å². The number of rotatable bonds is 6. The van der Waals surface area contributed by atoms with Gasteiger partial charge in [-0.3, -0.25) is 4.79 Å². The molecule has 1 aromatic carbocycles. The fourth-order valence-corrected chi connectivity index (χ4v) is 4.66. The SMILES string of the molecule is Cc1nn[nH][n+]1-c1ccc(C(CC2CCCC2)C(=O)Nc2nccs2)cc1Cl. The quantitative estimate of drug-likeness (QED) is 0.597. The highest BCUT2D eigenvalue weighted by atomic mass is 35.5. The molecule has 1 unspecified atom stereocenters. The highest BCUT2D eigenvalue weighted by molar-refractivity contribution is 7.13.